The normalized spacial score (nSPS) is 10.4. The van der Waals surface area contributed by atoms with Crippen LogP contribution in [0.25, 0.3) is 0 Å². The van der Waals surface area contributed by atoms with Crippen molar-refractivity contribution in [1.29, 1.82) is 0 Å². The zero-order valence-corrected chi connectivity index (χ0v) is 16.7. The number of pyridine rings is 1. The number of aryl methyl sites for hydroxylation is 3. The molecule has 0 radical (unpaired) electrons. The van der Waals surface area contributed by atoms with Crippen LogP contribution in [-0.2, 0) is 6.42 Å². The zero-order valence-electron chi connectivity index (χ0n) is 16.7. The standard InChI is InChI=1S/C24H25N3O2/c1-17-8-6-9-18(2)22(17)27-24(29)21-16-20(13-15-25-21)23(28)26-14-7-12-19-10-4-3-5-11-19/h3-6,8-11,13,15-16H,7,12,14H2,1-2H3,(H,26,28)(H,27,29). The summed E-state index contributed by atoms with van der Waals surface area (Å²) in [6.07, 6.45) is 3.24. The molecule has 29 heavy (non-hydrogen) atoms. The van der Waals surface area contributed by atoms with Gasteiger partial charge in [-0.25, -0.2) is 0 Å². The highest BCUT2D eigenvalue weighted by Gasteiger charge is 2.13. The van der Waals surface area contributed by atoms with Crippen molar-refractivity contribution in [2.24, 2.45) is 0 Å². The Kier molecular flexibility index (Phi) is 6.74. The maximum Gasteiger partial charge on any atom is 0.274 e. The number of nitrogens with zero attached hydrogens (tertiary/aromatic N) is 1. The number of para-hydroxylation sites is 1. The van der Waals surface area contributed by atoms with Gasteiger partial charge in [-0.3, -0.25) is 14.6 Å². The molecular weight excluding hydrogens is 362 g/mol. The number of benzene rings is 2. The van der Waals surface area contributed by atoms with Crippen LogP contribution in [-0.4, -0.2) is 23.3 Å². The molecule has 0 saturated carbocycles. The van der Waals surface area contributed by atoms with E-state index in [1.165, 1.54) is 17.8 Å². The van der Waals surface area contributed by atoms with Crippen LogP contribution in [0.3, 0.4) is 0 Å². The SMILES string of the molecule is Cc1cccc(C)c1NC(=O)c1cc(C(=O)NCCCc2ccccc2)ccn1. The molecule has 2 amide bonds. The molecule has 5 heteroatoms. The number of amides is 2. The van der Waals surface area contributed by atoms with E-state index in [-0.39, 0.29) is 17.5 Å². The molecule has 0 aliphatic heterocycles. The van der Waals surface area contributed by atoms with E-state index >= 15 is 0 Å². The van der Waals surface area contributed by atoms with Crippen LogP contribution in [0.5, 0.6) is 0 Å². The lowest BCUT2D eigenvalue weighted by molar-refractivity contribution is 0.0953. The molecule has 5 nitrogen and oxygen atoms in total. The fraction of sp³-hybridized carbons (Fsp3) is 0.208. The minimum absolute atomic E-state index is 0.207. The smallest absolute Gasteiger partial charge is 0.274 e. The summed E-state index contributed by atoms with van der Waals surface area (Å²) in [6.45, 7) is 4.45. The average Bonchev–Trinajstić information content (AvgIpc) is 2.74. The first-order valence-electron chi connectivity index (χ1n) is 9.70. The summed E-state index contributed by atoms with van der Waals surface area (Å²) in [5.41, 5.74) is 4.61. The van der Waals surface area contributed by atoms with E-state index in [0.29, 0.717) is 12.1 Å². The number of anilines is 1. The maximum absolute atomic E-state index is 12.6. The summed E-state index contributed by atoms with van der Waals surface area (Å²) in [7, 11) is 0. The number of carbonyl (C=O) groups is 2. The van der Waals surface area contributed by atoms with E-state index in [2.05, 4.69) is 27.8 Å². The van der Waals surface area contributed by atoms with E-state index in [0.717, 1.165) is 29.7 Å². The fourth-order valence-electron chi connectivity index (χ4n) is 3.13. The van der Waals surface area contributed by atoms with Crippen molar-refractivity contribution in [3.05, 3.63) is 94.8 Å². The monoisotopic (exact) mass is 387 g/mol. The Labute approximate surface area is 171 Å². The van der Waals surface area contributed by atoms with Gasteiger partial charge in [0, 0.05) is 24.0 Å². The molecule has 0 unspecified atom stereocenters. The Morgan fingerprint density at radius 2 is 1.62 bits per heavy atom. The predicted molar refractivity (Wildman–Crippen MR) is 115 cm³/mol. The number of aromatic nitrogens is 1. The van der Waals surface area contributed by atoms with Crippen LogP contribution in [0.4, 0.5) is 5.69 Å². The van der Waals surface area contributed by atoms with Gasteiger partial charge < -0.3 is 10.6 Å². The van der Waals surface area contributed by atoms with Gasteiger partial charge in [-0.1, -0.05) is 48.5 Å². The van der Waals surface area contributed by atoms with Crippen molar-refractivity contribution >= 4 is 17.5 Å². The zero-order chi connectivity index (χ0) is 20.6. The molecule has 2 aromatic carbocycles. The van der Waals surface area contributed by atoms with Crippen LogP contribution >= 0.6 is 0 Å². The molecule has 0 bridgehead atoms. The number of carbonyl (C=O) groups excluding carboxylic acids is 2. The van der Waals surface area contributed by atoms with Gasteiger partial charge in [0.15, 0.2) is 0 Å². The lowest BCUT2D eigenvalue weighted by Crippen LogP contribution is -2.25. The number of nitrogens with one attached hydrogen (secondary N) is 2. The fourth-order valence-corrected chi connectivity index (χ4v) is 3.13. The van der Waals surface area contributed by atoms with E-state index in [9.17, 15) is 9.59 Å². The van der Waals surface area contributed by atoms with Gasteiger partial charge in [-0.05, 0) is 55.5 Å². The Morgan fingerprint density at radius 3 is 2.34 bits per heavy atom. The molecule has 0 fully saturated rings. The summed E-state index contributed by atoms with van der Waals surface area (Å²) in [6, 6.07) is 19.1. The van der Waals surface area contributed by atoms with Crippen LogP contribution in [0.1, 0.15) is 44.0 Å². The highest BCUT2D eigenvalue weighted by atomic mass is 16.2. The largest absolute Gasteiger partial charge is 0.352 e. The average molecular weight is 387 g/mol. The first-order valence-corrected chi connectivity index (χ1v) is 9.70. The molecular formula is C24H25N3O2. The van der Waals surface area contributed by atoms with Gasteiger partial charge >= 0.3 is 0 Å². The van der Waals surface area contributed by atoms with Gasteiger partial charge in [0.1, 0.15) is 5.69 Å². The van der Waals surface area contributed by atoms with Gasteiger partial charge in [0.05, 0.1) is 0 Å². The lowest BCUT2D eigenvalue weighted by Gasteiger charge is -2.11. The molecule has 2 N–H and O–H groups in total. The van der Waals surface area contributed by atoms with Crippen molar-refractivity contribution < 1.29 is 9.59 Å². The third-order valence-electron chi connectivity index (χ3n) is 4.75. The topological polar surface area (TPSA) is 71.1 Å². The third kappa shape index (κ3) is 5.51. The second kappa shape index (κ2) is 9.64. The van der Waals surface area contributed by atoms with E-state index < -0.39 is 0 Å². The molecule has 0 spiro atoms. The molecule has 3 rings (SSSR count). The minimum Gasteiger partial charge on any atom is -0.352 e. The minimum atomic E-state index is -0.332. The predicted octanol–water partition coefficient (Wildman–Crippen LogP) is 4.31. The van der Waals surface area contributed by atoms with Crippen molar-refractivity contribution in [3.63, 3.8) is 0 Å². The van der Waals surface area contributed by atoms with Crippen LogP contribution in [0.15, 0.2) is 66.9 Å². The summed E-state index contributed by atoms with van der Waals surface area (Å²) in [5.74, 6) is -0.539. The van der Waals surface area contributed by atoms with Gasteiger partial charge in [-0.15, -0.1) is 0 Å². The Hall–Kier alpha value is -3.47. The van der Waals surface area contributed by atoms with E-state index in [1.807, 2.05) is 50.2 Å². The quantitative estimate of drug-likeness (QED) is 0.593. The van der Waals surface area contributed by atoms with E-state index in [4.69, 9.17) is 0 Å². The van der Waals surface area contributed by atoms with Crippen LogP contribution < -0.4 is 10.6 Å². The molecule has 0 aliphatic rings. The molecule has 3 aromatic rings. The second-order valence-electron chi connectivity index (χ2n) is 7.00. The summed E-state index contributed by atoms with van der Waals surface area (Å²) in [4.78, 5) is 29.2. The Bertz CT molecular complexity index is 980. The molecule has 0 aliphatic carbocycles. The van der Waals surface area contributed by atoms with Crippen molar-refractivity contribution in [3.8, 4) is 0 Å². The van der Waals surface area contributed by atoms with Gasteiger partial charge in [0.25, 0.3) is 11.8 Å². The van der Waals surface area contributed by atoms with Gasteiger partial charge in [-0.2, -0.15) is 0 Å². The highest BCUT2D eigenvalue weighted by molar-refractivity contribution is 6.05. The van der Waals surface area contributed by atoms with Crippen LogP contribution in [0.2, 0.25) is 0 Å². The highest BCUT2D eigenvalue weighted by Crippen LogP contribution is 2.20. The summed E-state index contributed by atoms with van der Waals surface area (Å²) >= 11 is 0. The molecule has 0 saturated heterocycles. The first-order chi connectivity index (χ1) is 14.0. The third-order valence-corrected chi connectivity index (χ3v) is 4.75. The molecule has 0 atom stereocenters. The molecule has 148 valence electrons. The van der Waals surface area contributed by atoms with E-state index in [1.54, 1.807) is 6.07 Å². The number of hydrogen-bond donors (Lipinski definition) is 2. The number of hydrogen-bond acceptors (Lipinski definition) is 3. The maximum atomic E-state index is 12.6. The summed E-state index contributed by atoms with van der Waals surface area (Å²) in [5, 5.41) is 5.80. The summed E-state index contributed by atoms with van der Waals surface area (Å²) < 4.78 is 0. The second-order valence-corrected chi connectivity index (χ2v) is 7.00. The number of rotatable bonds is 7. The molecule has 1 heterocycles. The first kappa shape index (κ1) is 20.3. The van der Waals surface area contributed by atoms with Crippen molar-refractivity contribution in [2.75, 3.05) is 11.9 Å². The Morgan fingerprint density at radius 1 is 0.897 bits per heavy atom. The van der Waals surface area contributed by atoms with Crippen LogP contribution in [0, 0.1) is 13.8 Å². The molecule has 1 aromatic heterocycles. The lowest BCUT2D eigenvalue weighted by atomic mass is 10.1. The van der Waals surface area contributed by atoms with Crippen molar-refractivity contribution in [2.45, 2.75) is 26.7 Å². The van der Waals surface area contributed by atoms with Gasteiger partial charge in [0.2, 0.25) is 0 Å². The Balaban J connectivity index is 1.58. The van der Waals surface area contributed by atoms with Crippen molar-refractivity contribution in [1.82, 2.24) is 10.3 Å².